The maximum atomic E-state index is 13.0. The number of nitrogens with one attached hydrogen (secondary N) is 2. The first kappa shape index (κ1) is 20.9. The molecule has 31 heavy (non-hydrogen) atoms. The van der Waals surface area contributed by atoms with Crippen LogP contribution in [0, 0.1) is 6.92 Å². The average Bonchev–Trinajstić information content (AvgIpc) is 2.77. The lowest BCUT2D eigenvalue weighted by Gasteiger charge is -2.28. The highest BCUT2D eigenvalue weighted by molar-refractivity contribution is 5.93. The van der Waals surface area contributed by atoms with Crippen molar-refractivity contribution in [3.8, 4) is 11.1 Å². The van der Waals surface area contributed by atoms with Gasteiger partial charge in [-0.3, -0.25) is 4.98 Å². The molecule has 0 fully saturated rings. The number of aryl methyl sites for hydroxylation is 1. The van der Waals surface area contributed by atoms with Crippen LogP contribution in [0.4, 0.5) is 14.5 Å². The van der Waals surface area contributed by atoms with E-state index in [1.165, 1.54) is 30.1 Å². The molecule has 1 atom stereocenters. The molecule has 3 N–H and O–H groups in total. The molecular formula is C24H23F2N3O2. The van der Waals surface area contributed by atoms with E-state index in [1.807, 2.05) is 13.0 Å². The number of hydrogen-bond acceptors (Lipinski definition) is 4. The highest BCUT2D eigenvalue weighted by Gasteiger charge is 2.21. The SMILES string of the molecule is Cc1cc(C(F)F)ccc1-c1ccc2c(c1)CCNC2CNc1cnccc1C(=O)O. The van der Waals surface area contributed by atoms with Crippen LogP contribution in [-0.2, 0) is 6.42 Å². The Morgan fingerprint density at radius 1 is 1.26 bits per heavy atom. The molecule has 0 aliphatic carbocycles. The molecule has 7 heteroatoms. The molecule has 1 unspecified atom stereocenters. The van der Waals surface area contributed by atoms with Crippen LogP contribution in [0.5, 0.6) is 0 Å². The van der Waals surface area contributed by atoms with E-state index in [1.54, 1.807) is 12.1 Å². The number of nitrogens with zero attached hydrogens (tertiary/aromatic N) is 1. The molecule has 0 amide bonds. The van der Waals surface area contributed by atoms with Gasteiger partial charge in [-0.25, -0.2) is 13.6 Å². The second-order valence-electron chi connectivity index (χ2n) is 7.65. The molecule has 2 heterocycles. The molecule has 2 aromatic carbocycles. The molecule has 0 spiro atoms. The van der Waals surface area contributed by atoms with Crippen LogP contribution >= 0.6 is 0 Å². The Bertz CT molecular complexity index is 1120. The van der Waals surface area contributed by atoms with Crippen LogP contribution in [0.25, 0.3) is 11.1 Å². The molecule has 0 saturated carbocycles. The van der Waals surface area contributed by atoms with E-state index in [4.69, 9.17) is 0 Å². The van der Waals surface area contributed by atoms with Gasteiger partial charge in [-0.2, -0.15) is 0 Å². The maximum absolute atomic E-state index is 13.0. The summed E-state index contributed by atoms with van der Waals surface area (Å²) in [5, 5.41) is 16.0. The minimum Gasteiger partial charge on any atom is -0.478 e. The molecular weight excluding hydrogens is 400 g/mol. The van der Waals surface area contributed by atoms with E-state index in [2.05, 4.69) is 27.8 Å². The molecule has 4 rings (SSSR count). The Morgan fingerprint density at radius 2 is 2.10 bits per heavy atom. The molecule has 5 nitrogen and oxygen atoms in total. The van der Waals surface area contributed by atoms with Gasteiger partial charge in [0.2, 0.25) is 0 Å². The molecule has 160 valence electrons. The van der Waals surface area contributed by atoms with Gasteiger partial charge in [-0.05, 0) is 59.8 Å². The van der Waals surface area contributed by atoms with Gasteiger partial charge in [-0.1, -0.05) is 30.3 Å². The number of benzene rings is 2. The number of pyridine rings is 1. The zero-order valence-corrected chi connectivity index (χ0v) is 17.0. The second-order valence-corrected chi connectivity index (χ2v) is 7.65. The fourth-order valence-corrected chi connectivity index (χ4v) is 4.08. The summed E-state index contributed by atoms with van der Waals surface area (Å²) in [7, 11) is 0. The third kappa shape index (κ3) is 4.41. The lowest BCUT2D eigenvalue weighted by atomic mass is 9.89. The first-order valence-corrected chi connectivity index (χ1v) is 10.1. The van der Waals surface area contributed by atoms with E-state index >= 15 is 0 Å². The summed E-state index contributed by atoms with van der Waals surface area (Å²) < 4.78 is 25.9. The van der Waals surface area contributed by atoms with Crippen LogP contribution < -0.4 is 10.6 Å². The van der Waals surface area contributed by atoms with Gasteiger partial charge >= 0.3 is 5.97 Å². The van der Waals surface area contributed by atoms with Gasteiger partial charge in [0.25, 0.3) is 6.43 Å². The van der Waals surface area contributed by atoms with Crippen LogP contribution in [0.1, 0.15) is 45.1 Å². The van der Waals surface area contributed by atoms with Gasteiger partial charge in [0, 0.05) is 24.3 Å². The van der Waals surface area contributed by atoms with Crippen LogP contribution in [0.2, 0.25) is 0 Å². The van der Waals surface area contributed by atoms with Gasteiger partial charge in [-0.15, -0.1) is 0 Å². The molecule has 0 saturated heterocycles. The first-order valence-electron chi connectivity index (χ1n) is 10.1. The number of carboxylic acid groups (broad SMARTS) is 1. The summed E-state index contributed by atoms with van der Waals surface area (Å²) >= 11 is 0. The second kappa shape index (κ2) is 8.81. The number of rotatable bonds is 6. The Balaban J connectivity index is 1.56. The van der Waals surface area contributed by atoms with Crippen LogP contribution in [0.3, 0.4) is 0 Å². The van der Waals surface area contributed by atoms with E-state index < -0.39 is 12.4 Å². The monoisotopic (exact) mass is 423 g/mol. The zero-order chi connectivity index (χ0) is 22.0. The van der Waals surface area contributed by atoms with Crippen molar-refractivity contribution in [2.24, 2.45) is 0 Å². The lowest BCUT2D eigenvalue weighted by Crippen LogP contribution is -2.34. The maximum Gasteiger partial charge on any atom is 0.337 e. The fraction of sp³-hybridized carbons (Fsp3) is 0.250. The largest absolute Gasteiger partial charge is 0.478 e. The highest BCUT2D eigenvalue weighted by Crippen LogP contribution is 2.32. The molecule has 1 aliphatic heterocycles. The number of carbonyl (C=O) groups is 1. The average molecular weight is 423 g/mol. The molecule has 1 aliphatic rings. The van der Waals surface area contributed by atoms with E-state index in [0.29, 0.717) is 12.2 Å². The summed E-state index contributed by atoms with van der Waals surface area (Å²) in [6.45, 7) is 3.16. The van der Waals surface area contributed by atoms with Crippen LogP contribution in [0.15, 0.2) is 54.9 Å². The number of anilines is 1. The number of aromatic carboxylic acids is 1. The van der Waals surface area contributed by atoms with Gasteiger partial charge in [0.15, 0.2) is 0 Å². The summed E-state index contributed by atoms with van der Waals surface area (Å²) in [6, 6.07) is 12.5. The third-order valence-corrected chi connectivity index (χ3v) is 5.67. The molecule has 3 aromatic rings. The Labute approximate surface area is 179 Å². The van der Waals surface area contributed by atoms with Crippen molar-refractivity contribution in [2.75, 3.05) is 18.4 Å². The van der Waals surface area contributed by atoms with E-state index in [0.717, 1.165) is 35.2 Å². The van der Waals surface area contributed by atoms with Crippen molar-refractivity contribution in [1.29, 1.82) is 0 Å². The number of halogens is 2. The van der Waals surface area contributed by atoms with Crippen molar-refractivity contribution in [1.82, 2.24) is 10.3 Å². The van der Waals surface area contributed by atoms with Crippen molar-refractivity contribution in [2.45, 2.75) is 25.8 Å². The Hall–Kier alpha value is -3.32. The third-order valence-electron chi connectivity index (χ3n) is 5.67. The predicted molar refractivity (Wildman–Crippen MR) is 116 cm³/mol. The van der Waals surface area contributed by atoms with Crippen molar-refractivity contribution < 1.29 is 18.7 Å². The topological polar surface area (TPSA) is 74.2 Å². The Morgan fingerprint density at radius 3 is 2.84 bits per heavy atom. The number of alkyl halides is 2. The van der Waals surface area contributed by atoms with Gasteiger partial charge < -0.3 is 15.7 Å². The summed E-state index contributed by atoms with van der Waals surface area (Å²) in [4.78, 5) is 15.4. The van der Waals surface area contributed by atoms with Crippen molar-refractivity contribution in [3.05, 3.63) is 82.7 Å². The molecule has 1 aromatic heterocycles. The lowest BCUT2D eigenvalue weighted by molar-refractivity contribution is 0.0697. The summed E-state index contributed by atoms with van der Waals surface area (Å²) in [5.74, 6) is -1.00. The minimum atomic E-state index is -2.47. The smallest absolute Gasteiger partial charge is 0.337 e. The minimum absolute atomic E-state index is 0.0157. The van der Waals surface area contributed by atoms with Crippen molar-refractivity contribution >= 4 is 11.7 Å². The predicted octanol–water partition coefficient (Wildman–Crippen LogP) is 4.99. The quantitative estimate of drug-likeness (QED) is 0.521. The number of hydrogen-bond donors (Lipinski definition) is 3. The van der Waals surface area contributed by atoms with Crippen LogP contribution in [-0.4, -0.2) is 29.1 Å². The standard InChI is InChI=1S/C24H23F2N3O2/c1-14-10-17(23(25)26)3-4-18(14)15-2-5-19-16(11-15)6-9-28-22(19)13-29-21-12-27-8-7-20(21)24(30)31/h2-5,7-8,10-12,22-23,28-29H,6,9,13H2,1H3,(H,30,31). The number of aromatic nitrogens is 1. The van der Waals surface area contributed by atoms with Gasteiger partial charge in [0.1, 0.15) is 0 Å². The molecule has 0 radical (unpaired) electrons. The highest BCUT2D eigenvalue weighted by atomic mass is 19.3. The summed E-state index contributed by atoms with van der Waals surface area (Å²) in [6.07, 6.45) is 1.36. The zero-order valence-electron chi connectivity index (χ0n) is 17.0. The van der Waals surface area contributed by atoms with E-state index in [9.17, 15) is 18.7 Å². The van der Waals surface area contributed by atoms with E-state index in [-0.39, 0.29) is 17.2 Å². The number of fused-ring (bicyclic) bond motifs is 1. The first-order chi connectivity index (χ1) is 14.9. The Kier molecular flexibility index (Phi) is 5.95. The van der Waals surface area contributed by atoms with Gasteiger partial charge in [0.05, 0.1) is 17.4 Å². The normalized spacial score (nSPS) is 15.5. The number of carboxylic acids is 1. The summed E-state index contributed by atoms with van der Waals surface area (Å²) in [5.41, 5.74) is 5.82. The van der Waals surface area contributed by atoms with Crippen molar-refractivity contribution in [3.63, 3.8) is 0 Å². The molecule has 0 bridgehead atoms. The fourth-order valence-electron chi connectivity index (χ4n) is 4.08.